The van der Waals surface area contributed by atoms with Gasteiger partial charge in [0.2, 0.25) is 0 Å². The van der Waals surface area contributed by atoms with Crippen molar-refractivity contribution in [2.75, 3.05) is 27.7 Å². The second kappa shape index (κ2) is 8.39. The van der Waals surface area contributed by atoms with E-state index in [1.807, 2.05) is 44.4 Å². The van der Waals surface area contributed by atoms with Crippen molar-refractivity contribution in [1.82, 2.24) is 20.1 Å². The first-order valence-electron chi connectivity index (χ1n) is 9.35. The Balaban J connectivity index is 1.86. The maximum atomic E-state index is 12.7. The average Bonchev–Trinajstić information content (AvgIpc) is 3.39. The van der Waals surface area contributed by atoms with Crippen LogP contribution in [0.5, 0.6) is 0 Å². The van der Waals surface area contributed by atoms with Gasteiger partial charge >= 0.3 is 0 Å². The van der Waals surface area contributed by atoms with Crippen LogP contribution < -0.4 is 16.2 Å². The van der Waals surface area contributed by atoms with Crippen LogP contribution in [-0.2, 0) is 6.54 Å². The predicted octanol–water partition coefficient (Wildman–Crippen LogP) is 0.936. The Morgan fingerprint density at radius 3 is 2.54 bits per heavy atom. The first-order chi connectivity index (χ1) is 13.4. The number of hydrogen-bond acceptors (Lipinski definition) is 4. The van der Waals surface area contributed by atoms with Gasteiger partial charge in [-0.2, -0.15) is 0 Å². The first-order valence-corrected chi connectivity index (χ1v) is 9.35. The highest BCUT2D eigenvalue weighted by Gasteiger charge is 2.38. The smallest absolute Gasteiger partial charge is 0.263 e. The number of benzene rings is 1. The van der Waals surface area contributed by atoms with Crippen LogP contribution in [0.4, 0.5) is 0 Å². The molecule has 28 heavy (non-hydrogen) atoms. The third-order valence-electron chi connectivity index (χ3n) is 4.85. The normalized spacial score (nSPS) is 18.0. The number of pyridine rings is 1. The maximum Gasteiger partial charge on any atom is 0.263 e. The van der Waals surface area contributed by atoms with Gasteiger partial charge in [-0.05, 0) is 38.1 Å². The van der Waals surface area contributed by atoms with Crippen LogP contribution in [0.2, 0.25) is 0 Å². The second-order valence-electron chi connectivity index (χ2n) is 7.48. The van der Waals surface area contributed by atoms with E-state index in [4.69, 9.17) is 0 Å². The molecular weight excluding hydrogens is 356 g/mol. The van der Waals surface area contributed by atoms with Crippen molar-refractivity contribution >= 4 is 11.8 Å². The summed E-state index contributed by atoms with van der Waals surface area (Å²) in [6, 6.07) is 11.0. The fourth-order valence-corrected chi connectivity index (χ4v) is 3.30. The average molecular weight is 382 g/mol. The highest BCUT2D eigenvalue weighted by molar-refractivity contribution is 5.99. The van der Waals surface area contributed by atoms with E-state index in [-0.39, 0.29) is 24.1 Å². The van der Waals surface area contributed by atoms with Crippen molar-refractivity contribution < 1.29 is 9.59 Å². The van der Waals surface area contributed by atoms with Gasteiger partial charge in [0.05, 0.1) is 12.1 Å². The van der Waals surface area contributed by atoms with Crippen LogP contribution >= 0.6 is 0 Å². The maximum absolute atomic E-state index is 12.7. The standard InChI is InChI=1S/C21H26N4O3/c1-22-20(27)17-9-16(19(26)23-18-10-15(18)12-24(2)3)13-25(21(17)28)11-14-7-5-4-6-8-14/h4-9,13,15,18H,10-12H2,1-3H3,(H,22,27)(H,23,26)/t15-,18+/m1/s1. The van der Waals surface area contributed by atoms with Gasteiger partial charge in [0.15, 0.2) is 0 Å². The summed E-state index contributed by atoms with van der Waals surface area (Å²) in [6.07, 6.45) is 2.47. The molecule has 1 aromatic carbocycles. The number of amides is 2. The molecule has 7 heteroatoms. The van der Waals surface area contributed by atoms with E-state index in [0.717, 1.165) is 18.5 Å². The molecule has 2 atom stereocenters. The largest absolute Gasteiger partial charge is 0.355 e. The van der Waals surface area contributed by atoms with Gasteiger partial charge in [0, 0.05) is 25.8 Å². The molecule has 1 aromatic heterocycles. The van der Waals surface area contributed by atoms with Gasteiger partial charge in [-0.25, -0.2) is 0 Å². The number of carbonyl (C=O) groups excluding carboxylic acids is 2. The molecule has 2 N–H and O–H groups in total. The molecule has 3 rings (SSSR count). The Hall–Kier alpha value is -2.93. The molecule has 0 aliphatic heterocycles. The summed E-state index contributed by atoms with van der Waals surface area (Å²) in [5.41, 5.74) is 0.770. The lowest BCUT2D eigenvalue weighted by Gasteiger charge is -2.13. The number of nitrogens with one attached hydrogen (secondary N) is 2. The molecule has 2 aromatic rings. The van der Waals surface area contributed by atoms with Crippen LogP contribution in [0.25, 0.3) is 0 Å². The molecule has 148 valence electrons. The zero-order valence-electron chi connectivity index (χ0n) is 16.4. The van der Waals surface area contributed by atoms with Gasteiger partial charge in [-0.3, -0.25) is 14.4 Å². The number of carbonyl (C=O) groups is 2. The lowest BCUT2D eigenvalue weighted by molar-refractivity contribution is 0.0947. The predicted molar refractivity (Wildman–Crippen MR) is 108 cm³/mol. The molecule has 7 nitrogen and oxygen atoms in total. The molecule has 0 radical (unpaired) electrons. The summed E-state index contributed by atoms with van der Waals surface area (Å²) in [5, 5.41) is 5.48. The first kappa shape index (κ1) is 19.8. The van der Waals surface area contributed by atoms with Crippen molar-refractivity contribution in [3.63, 3.8) is 0 Å². The van der Waals surface area contributed by atoms with E-state index in [0.29, 0.717) is 11.5 Å². The third kappa shape index (κ3) is 4.67. The SMILES string of the molecule is CNC(=O)c1cc(C(=O)N[C@H]2C[C@@H]2CN(C)C)cn(Cc2ccccc2)c1=O. The molecule has 0 saturated heterocycles. The van der Waals surface area contributed by atoms with Gasteiger partial charge in [-0.1, -0.05) is 30.3 Å². The van der Waals surface area contributed by atoms with Crippen LogP contribution in [-0.4, -0.2) is 55.0 Å². The van der Waals surface area contributed by atoms with Crippen LogP contribution in [0, 0.1) is 5.92 Å². The van der Waals surface area contributed by atoms with Gasteiger partial charge in [0.1, 0.15) is 5.56 Å². The summed E-state index contributed by atoms with van der Waals surface area (Å²) in [4.78, 5) is 39.7. The van der Waals surface area contributed by atoms with Crippen LogP contribution in [0.1, 0.15) is 32.7 Å². The lowest BCUT2D eigenvalue weighted by atomic mass is 10.1. The molecule has 0 unspecified atom stereocenters. The van der Waals surface area contributed by atoms with E-state index in [1.165, 1.54) is 23.9 Å². The lowest BCUT2D eigenvalue weighted by Crippen LogP contribution is -2.35. The van der Waals surface area contributed by atoms with Crippen molar-refractivity contribution in [2.45, 2.75) is 19.0 Å². The summed E-state index contributed by atoms with van der Waals surface area (Å²) in [5.74, 6) is -0.329. The second-order valence-corrected chi connectivity index (χ2v) is 7.48. The highest BCUT2D eigenvalue weighted by atomic mass is 16.2. The molecular formula is C21H26N4O3. The van der Waals surface area contributed by atoms with Gasteiger partial charge < -0.3 is 20.1 Å². The number of nitrogens with zero attached hydrogens (tertiary/aromatic N) is 2. The molecule has 1 aliphatic carbocycles. The third-order valence-corrected chi connectivity index (χ3v) is 4.85. The summed E-state index contributed by atoms with van der Waals surface area (Å²) in [6.45, 7) is 1.21. The van der Waals surface area contributed by atoms with E-state index in [9.17, 15) is 14.4 Å². The molecule has 1 heterocycles. The topological polar surface area (TPSA) is 83.4 Å². The molecule has 2 amide bonds. The van der Waals surface area contributed by atoms with Crippen LogP contribution in [0.3, 0.4) is 0 Å². The van der Waals surface area contributed by atoms with Crippen molar-refractivity contribution in [3.05, 3.63) is 69.6 Å². The summed E-state index contributed by atoms with van der Waals surface area (Å²) >= 11 is 0. The summed E-state index contributed by atoms with van der Waals surface area (Å²) < 4.78 is 1.42. The van der Waals surface area contributed by atoms with Crippen LogP contribution in [0.15, 0.2) is 47.4 Å². The Morgan fingerprint density at radius 1 is 1.18 bits per heavy atom. The molecule has 1 aliphatic rings. The monoisotopic (exact) mass is 382 g/mol. The van der Waals surface area contributed by atoms with E-state index in [2.05, 4.69) is 15.5 Å². The van der Waals surface area contributed by atoms with Crippen molar-refractivity contribution in [1.29, 1.82) is 0 Å². The summed E-state index contributed by atoms with van der Waals surface area (Å²) in [7, 11) is 5.48. The van der Waals surface area contributed by atoms with E-state index < -0.39 is 11.5 Å². The van der Waals surface area contributed by atoms with E-state index in [1.54, 1.807) is 0 Å². The Morgan fingerprint density at radius 2 is 1.89 bits per heavy atom. The zero-order valence-corrected chi connectivity index (χ0v) is 16.4. The Labute approximate surface area is 164 Å². The zero-order chi connectivity index (χ0) is 20.3. The van der Waals surface area contributed by atoms with Gasteiger partial charge in [0.25, 0.3) is 17.4 Å². The Kier molecular flexibility index (Phi) is 5.94. The minimum absolute atomic E-state index is 0.0354. The number of hydrogen-bond donors (Lipinski definition) is 2. The molecule has 0 spiro atoms. The molecule has 1 fully saturated rings. The van der Waals surface area contributed by atoms with Gasteiger partial charge in [-0.15, -0.1) is 0 Å². The van der Waals surface area contributed by atoms with Crippen molar-refractivity contribution in [2.24, 2.45) is 5.92 Å². The molecule has 1 saturated carbocycles. The van der Waals surface area contributed by atoms with E-state index >= 15 is 0 Å². The number of aromatic nitrogens is 1. The highest BCUT2D eigenvalue weighted by Crippen LogP contribution is 2.30. The quantitative estimate of drug-likeness (QED) is 0.747. The molecule has 0 bridgehead atoms. The Bertz CT molecular complexity index is 921. The van der Waals surface area contributed by atoms with Crippen molar-refractivity contribution in [3.8, 4) is 0 Å². The fraction of sp³-hybridized carbons (Fsp3) is 0.381. The minimum Gasteiger partial charge on any atom is -0.355 e. The fourth-order valence-electron chi connectivity index (χ4n) is 3.30. The number of rotatable bonds is 7. The minimum atomic E-state index is -0.502.